The number of hydrogen-bond acceptors (Lipinski definition) is 2. The predicted molar refractivity (Wildman–Crippen MR) is 109 cm³/mol. The summed E-state index contributed by atoms with van der Waals surface area (Å²) in [6, 6.07) is 5.48. The number of benzene rings is 1. The molecule has 1 aliphatic carbocycles. The Morgan fingerprint density at radius 1 is 1.21 bits per heavy atom. The molecule has 28 heavy (non-hydrogen) atoms. The van der Waals surface area contributed by atoms with Gasteiger partial charge in [-0.1, -0.05) is 25.5 Å². The highest BCUT2D eigenvalue weighted by molar-refractivity contribution is 7.85. The fourth-order valence-electron chi connectivity index (χ4n) is 3.42. The van der Waals surface area contributed by atoms with Gasteiger partial charge in [-0.15, -0.1) is 0 Å². The van der Waals surface area contributed by atoms with Crippen LogP contribution in [0.4, 0.5) is 13.2 Å². The average molecular weight is 418 g/mol. The molecule has 0 spiro atoms. The minimum atomic E-state index is -4.31. The van der Waals surface area contributed by atoms with Crippen molar-refractivity contribution in [3.63, 3.8) is 0 Å². The number of hydrogen-bond donors (Lipinski definition) is 2. The number of halogens is 3. The van der Waals surface area contributed by atoms with Gasteiger partial charge < -0.3 is 10.6 Å². The highest BCUT2D eigenvalue weighted by atomic mass is 32.2. The zero-order chi connectivity index (χ0) is 20.6. The molecule has 1 saturated carbocycles. The minimum Gasteiger partial charge on any atom is -0.357 e. The Balaban J connectivity index is 1.90. The Kier molecular flexibility index (Phi) is 8.79. The van der Waals surface area contributed by atoms with Crippen molar-refractivity contribution in [2.45, 2.75) is 63.4 Å². The number of rotatable bonds is 7. The molecule has 3 atom stereocenters. The summed E-state index contributed by atoms with van der Waals surface area (Å²) in [5, 5.41) is 6.90. The summed E-state index contributed by atoms with van der Waals surface area (Å²) in [5.41, 5.74) is 0.190. The van der Waals surface area contributed by atoms with E-state index in [1.165, 1.54) is 12.1 Å². The predicted octanol–water partition coefficient (Wildman–Crippen LogP) is 3.88. The first-order chi connectivity index (χ1) is 13.3. The normalized spacial score (nSPS) is 22.0. The van der Waals surface area contributed by atoms with Gasteiger partial charge in [-0.05, 0) is 50.3 Å². The van der Waals surface area contributed by atoms with Crippen molar-refractivity contribution < 1.29 is 17.4 Å². The second-order valence-corrected chi connectivity index (χ2v) is 9.01. The fourth-order valence-corrected chi connectivity index (χ4v) is 4.77. The molecule has 0 amide bonds. The molecule has 0 aliphatic heterocycles. The lowest BCUT2D eigenvalue weighted by Gasteiger charge is -2.30. The third kappa shape index (κ3) is 7.11. The van der Waals surface area contributed by atoms with E-state index >= 15 is 0 Å². The highest BCUT2D eigenvalue weighted by Gasteiger charge is 2.30. The average Bonchev–Trinajstić information content (AvgIpc) is 2.67. The molecule has 0 bridgehead atoms. The molecule has 0 saturated heterocycles. The van der Waals surface area contributed by atoms with Gasteiger partial charge in [0.05, 0.1) is 5.56 Å². The van der Waals surface area contributed by atoms with Gasteiger partial charge in [0.2, 0.25) is 0 Å². The summed E-state index contributed by atoms with van der Waals surface area (Å²) >= 11 is 0. The summed E-state index contributed by atoms with van der Waals surface area (Å²) in [6.45, 7) is 5.16. The molecular formula is C20H30F3N3OS. The molecule has 1 aromatic rings. The third-order valence-electron chi connectivity index (χ3n) is 4.92. The van der Waals surface area contributed by atoms with Gasteiger partial charge in [-0.25, -0.2) is 0 Å². The SMILES string of the molecule is CCNC(=NCCc1ccc(C(F)(F)F)cc1)NC1CCCC(S(=O)CC)C1. The van der Waals surface area contributed by atoms with Crippen LogP contribution < -0.4 is 10.6 Å². The second-order valence-electron chi connectivity index (χ2n) is 7.00. The van der Waals surface area contributed by atoms with Crippen LogP contribution in [0.5, 0.6) is 0 Å². The summed E-state index contributed by atoms with van der Waals surface area (Å²) in [6.07, 6.45) is 0.240. The van der Waals surface area contributed by atoms with Crippen molar-refractivity contribution in [3.8, 4) is 0 Å². The first-order valence-corrected chi connectivity index (χ1v) is 11.3. The van der Waals surface area contributed by atoms with Crippen LogP contribution in [0.15, 0.2) is 29.3 Å². The largest absolute Gasteiger partial charge is 0.416 e. The van der Waals surface area contributed by atoms with Gasteiger partial charge in [0.15, 0.2) is 5.96 Å². The molecule has 4 nitrogen and oxygen atoms in total. The topological polar surface area (TPSA) is 53.5 Å². The summed E-state index contributed by atoms with van der Waals surface area (Å²) in [4.78, 5) is 4.56. The number of aliphatic imine (C=N–C) groups is 1. The first kappa shape index (κ1) is 22.7. The van der Waals surface area contributed by atoms with E-state index in [0.29, 0.717) is 24.7 Å². The zero-order valence-electron chi connectivity index (χ0n) is 16.5. The van der Waals surface area contributed by atoms with E-state index in [1.54, 1.807) is 0 Å². The minimum absolute atomic E-state index is 0.242. The van der Waals surface area contributed by atoms with Gasteiger partial charge in [-0.3, -0.25) is 9.20 Å². The van der Waals surface area contributed by atoms with E-state index in [4.69, 9.17) is 0 Å². The van der Waals surface area contributed by atoms with Gasteiger partial charge >= 0.3 is 6.18 Å². The number of nitrogens with one attached hydrogen (secondary N) is 2. The van der Waals surface area contributed by atoms with Crippen molar-refractivity contribution in [1.82, 2.24) is 10.6 Å². The van der Waals surface area contributed by atoms with Crippen LogP contribution in [0.2, 0.25) is 0 Å². The summed E-state index contributed by atoms with van der Waals surface area (Å²) < 4.78 is 50.0. The van der Waals surface area contributed by atoms with Crippen LogP contribution in [0.25, 0.3) is 0 Å². The molecule has 8 heteroatoms. The Morgan fingerprint density at radius 3 is 2.54 bits per heavy atom. The van der Waals surface area contributed by atoms with Crippen molar-refractivity contribution in [2.24, 2.45) is 4.99 Å². The van der Waals surface area contributed by atoms with Gasteiger partial charge in [0.25, 0.3) is 0 Å². The van der Waals surface area contributed by atoms with Crippen molar-refractivity contribution >= 4 is 16.8 Å². The standard InChI is InChI=1S/C20H30F3N3OS/c1-3-24-19(26-17-6-5-7-18(14-17)28(27)4-2)25-13-12-15-8-10-16(11-9-15)20(21,22)23/h8-11,17-18H,3-7,12-14H2,1-2H3,(H2,24,25,26). The van der Waals surface area contributed by atoms with Crippen LogP contribution in [0.3, 0.4) is 0 Å². The summed E-state index contributed by atoms with van der Waals surface area (Å²) in [7, 11) is -0.772. The number of alkyl halides is 3. The van der Waals surface area contributed by atoms with E-state index in [-0.39, 0.29) is 11.3 Å². The van der Waals surface area contributed by atoms with E-state index in [2.05, 4.69) is 15.6 Å². The van der Waals surface area contributed by atoms with Crippen LogP contribution in [0, 0.1) is 0 Å². The van der Waals surface area contributed by atoms with E-state index in [9.17, 15) is 17.4 Å². The Hall–Kier alpha value is -1.57. The number of nitrogens with zero attached hydrogens (tertiary/aromatic N) is 1. The molecule has 1 fully saturated rings. The lowest BCUT2D eigenvalue weighted by molar-refractivity contribution is -0.137. The van der Waals surface area contributed by atoms with Crippen LogP contribution >= 0.6 is 0 Å². The van der Waals surface area contributed by atoms with Gasteiger partial charge in [0, 0.05) is 40.9 Å². The molecule has 1 aromatic carbocycles. The Bertz CT molecular complexity index is 662. The molecule has 2 N–H and O–H groups in total. The van der Waals surface area contributed by atoms with Crippen molar-refractivity contribution in [1.29, 1.82) is 0 Å². The van der Waals surface area contributed by atoms with E-state index in [1.807, 2.05) is 13.8 Å². The lowest BCUT2D eigenvalue weighted by Crippen LogP contribution is -2.46. The molecule has 1 aliphatic rings. The maximum Gasteiger partial charge on any atom is 0.416 e. The molecular weight excluding hydrogens is 387 g/mol. The van der Waals surface area contributed by atoms with Crippen molar-refractivity contribution in [3.05, 3.63) is 35.4 Å². The molecule has 3 unspecified atom stereocenters. The Morgan fingerprint density at radius 2 is 1.93 bits per heavy atom. The van der Waals surface area contributed by atoms with Gasteiger partial charge in [0.1, 0.15) is 0 Å². The highest BCUT2D eigenvalue weighted by Crippen LogP contribution is 2.29. The van der Waals surface area contributed by atoms with E-state index in [0.717, 1.165) is 49.9 Å². The molecule has 0 radical (unpaired) electrons. The third-order valence-corrected chi connectivity index (χ3v) is 6.66. The maximum atomic E-state index is 12.6. The van der Waals surface area contributed by atoms with Gasteiger partial charge in [-0.2, -0.15) is 13.2 Å². The first-order valence-electron chi connectivity index (χ1n) is 9.91. The van der Waals surface area contributed by atoms with Crippen LogP contribution in [-0.4, -0.2) is 40.3 Å². The molecule has 0 heterocycles. The van der Waals surface area contributed by atoms with Crippen molar-refractivity contribution in [2.75, 3.05) is 18.8 Å². The maximum absolute atomic E-state index is 12.6. The van der Waals surface area contributed by atoms with Crippen LogP contribution in [0.1, 0.15) is 50.7 Å². The fraction of sp³-hybridized carbons (Fsp3) is 0.650. The molecule has 0 aromatic heterocycles. The van der Waals surface area contributed by atoms with Crippen LogP contribution in [-0.2, 0) is 23.4 Å². The molecule has 158 valence electrons. The Labute approximate surface area is 167 Å². The molecule has 2 rings (SSSR count). The second kappa shape index (κ2) is 10.8. The smallest absolute Gasteiger partial charge is 0.357 e. The lowest BCUT2D eigenvalue weighted by atomic mass is 9.95. The zero-order valence-corrected chi connectivity index (χ0v) is 17.3. The van der Waals surface area contributed by atoms with E-state index < -0.39 is 22.5 Å². The monoisotopic (exact) mass is 417 g/mol. The number of guanidine groups is 1. The summed E-state index contributed by atoms with van der Waals surface area (Å²) in [5.74, 6) is 1.40. The quantitative estimate of drug-likeness (QED) is 0.523.